The Hall–Kier alpha value is -2.11. The number of carbonyl (C=O) groups excluding carboxylic acids is 1. The summed E-state index contributed by atoms with van der Waals surface area (Å²) < 4.78 is 0. The molecule has 0 spiro atoms. The molecule has 0 aliphatic carbocycles. The van der Waals surface area contributed by atoms with Crippen LogP contribution in [0, 0.1) is 0 Å². The molecule has 0 saturated carbocycles. The first kappa shape index (κ1) is 11.4. The zero-order chi connectivity index (χ0) is 12.1. The van der Waals surface area contributed by atoms with E-state index >= 15 is 0 Å². The third-order valence-electron chi connectivity index (χ3n) is 2.51. The first-order chi connectivity index (χ1) is 8.25. The Morgan fingerprint density at radius 3 is 2.82 bits per heavy atom. The fourth-order valence-corrected chi connectivity index (χ4v) is 1.68. The summed E-state index contributed by atoms with van der Waals surface area (Å²) in [7, 11) is 0. The molecule has 0 atom stereocenters. The third-order valence-corrected chi connectivity index (χ3v) is 2.51. The summed E-state index contributed by atoms with van der Waals surface area (Å²) in [5.41, 5.74) is 5.63. The maximum Gasteiger partial charge on any atom is 0.324 e. The molecule has 0 unspecified atom stereocenters. The zero-order valence-corrected chi connectivity index (χ0v) is 9.47. The highest BCUT2D eigenvalue weighted by Gasteiger charge is 2.18. The SMILES string of the molecule is N/C(=N\c1ccccn1)NC(=O)N1CCCC1. The predicted octanol–water partition coefficient (Wildman–Crippen LogP) is 0.833. The maximum atomic E-state index is 11.7. The van der Waals surface area contributed by atoms with Crippen molar-refractivity contribution in [1.29, 1.82) is 0 Å². The van der Waals surface area contributed by atoms with Crippen LogP contribution >= 0.6 is 0 Å². The van der Waals surface area contributed by atoms with Gasteiger partial charge in [0.15, 0.2) is 5.82 Å². The van der Waals surface area contributed by atoms with Gasteiger partial charge in [0.25, 0.3) is 0 Å². The summed E-state index contributed by atoms with van der Waals surface area (Å²) in [4.78, 5) is 21.4. The largest absolute Gasteiger partial charge is 0.369 e. The average Bonchev–Trinajstić information content (AvgIpc) is 2.83. The number of hydrogen-bond donors (Lipinski definition) is 2. The molecule has 6 heteroatoms. The number of amides is 2. The molecule has 1 aliphatic heterocycles. The van der Waals surface area contributed by atoms with Gasteiger partial charge < -0.3 is 10.6 Å². The quantitative estimate of drug-likeness (QED) is 0.556. The van der Waals surface area contributed by atoms with Gasteiger partial charge in [-0.3, -0.25) is 5.32 Å². The van der Waals surface area contributed by atoms with E-state index in [-0.39, 0.29) is 12.0 Å². The molecule has 1 aliphatic rings. The number of hydrogen-bond acceptors (Lipinski definition) is 3. The Labute approximate surface area is 99.5 Å². The molecule has 17 heavy (non-hydrogen) atoms. The number of rotatable bonds is 1. The van der Waals surface area contributed by atoms with Crippen LogP contribution in [0.4, 0.5) is 10.6 Å². The number of nitrogens with one attached hydrogen (secondary N) is 1. The Balaban J connectivity index is 1.94. The van der Waals surface area contributed by atoms with E-state index in [1.165, 1.54) is 0 Å². The molecular formula is C11H15N5O. The number of likely N-dealkylation sites (tertiary alicyclic amines) is 1. The number of nitrogens with zero attached hydrogens (tertiary/aromatic N) is 3. The van der Waals surface area contributed by atoms with Crippen molar-refractivity contribution in [3.63, 3.8) is 0 Å². The van der Waals surface area contributed by atoms with Gasteiger partial charge in [-0.25, -0.2) is 9.78 Å². The van der Waals surface area contributed by atoms with Gasteiger partial charge in [-0.2, -0.15) is 4.99 Å². The second-order valence-electron chi connectivity index (χ2n) is 3.81. The normalized spacial score (nSPS) is 16.0. The first-order valence-corrected chi connectivity index (χ1v) is 5.57. The number of aromatic nitrogens is 1. The van der Waals surface area contributed by atoms with Crippen molar-refractivity contribution in [2.75, 3.05) is 13.1 Å². The topological polar surface area (TPSA) is 83.6 Å². The van der Waals surface area contributed by atoms with Crippen LogP contribution in [-0.4, -0.2) is 35.0 Å². The number of pyridine rings is 1. The summed E-state index contributed by atoms with van der Waals surface area (Å²) in [6, 6.07) is 5.12. The van der Waals surface area contributed by atoms with Gasteiger partial charge in [-0.1, -0.05) is 6.07 Å². The molecular weight excluding hydrogens is 218 g/mol. The van der Waals surface area contributed by atoms with Crippen molar-refractivity contribution in [3.8, 4) is 0 Å². The van der Waals surface area contributed by atoms with Gasteiger partial charge in [-0.05, 0) is 25.0 Å². The Morgan fingerprint density at radius 2 is 2.18 bits per heavy atom. The molecule has 1 saturated heterocycles. The van der Waals surface area contributed by atoms with Crippen LogP contribution in [0.25, 0.3) is 0 Å². The van der Waals surface area contributed by atoms with Crippen LogP contribution in [0.2, 0.25) is 0 Å². The van der Waals surface area contributed by atoms with Gasteiger partial charge in [0.05, 0.1) is 0 Å². The second-order valence-corrected chi connectivity index (χ2v) is 3.81. The molecule has 2 rings (SSSR count). The van der Waals surface area contributed by atoms with Crippen LogP contribution in [-0.2, 0) is 0 Å². The van der Waals surface area contributed by atoms with Crippen molar-refractivity contribution in [2.45, 2.75) is 12.8 Å². The summed E-state index contributed by atoms with van der Waals surface area (Å²) in [6.45, 7) is 1.56. The number of carbonyl (C=O) groups is 1. The molecule has 0 radical (unpaired) electrons. The van der Waals surface area contributed by atoms with E-state index in [1.54, 1.807) is 29.3 Å². The number of nitrogens with two attached hydrogens (primary N) is 1. The summed E-state index contributed by atoms with van der Waals surface area (Å²) in [5.74, 6) is 0.548. The molecule has 6 nitrogen and oxygen atoms in total. The number of urea groups is 1. The van der Waals surface area contributed by atoms with E-state index < -0.39 is 0 Å². The van der Waals surface area contributed by atoms with E-state index in [4.69, 9.17) is 5.73 Å². The smallest absolute Gasteiger partial charge is 0.324 e. The van der Waals surface area contributed by atoms with Gasteiger partial charge in [0.1, 0.15) is 0 Å². The molecule has 90 valence electrons. The second kappa shape index (κ2) is 5.29. The molecule has 1 fully saturated rings. The fraction of sp³-hybridized carbons (Fsp3) is 0.364. The molecule has 1 aromatic rings. The lowest BCUT2D eigenvalue weighted by molar-refractivity contribution is 0.214. The Kier molecular flexibility index (Phi) is 3.54. The average molecular weight is 233 g/mol. The first-order valence-electron chi connectivity index (χ1n) is 5.57. The minimum absolute atomic E-state index is 0.0700. The van der Waals surface area contributed by atoms with Crippen molar-refractivity contribution in [2.24, 2.45) is 10.7 Å². The van der Waals surface area contributed by atoms with Gasteiger partial charge >= 0.3 is 6.03 Å². The molecule has 1 aromatic heterocycles. The third kappa shape index (κ3) is 3.17. The van der Waals surface area contributed by atoms with E-state index in [1.807, 2.05) is 0 Å². The number of guanidine groups is 1. The minimum Gasteiger partial charge on any atom is -0.369 e. The van der Waals surface area contributed by atoms with Crippen molar-refractivity contribution in [3.05, 3.63) is 24.4 Å². The Morgan fingerprint density at radius 1 is 1.41 bits per heavy atom. The van der Waals surface area contributed by atoms with Gasteiger partial charge in [0, 0.05) is 19.3 Å². The van der Waals surface area contributed by atoms with Crippen LogP contribution in [0.15, 0.2) is 29.4 Å². The van der Waals surface area contributed by atoms with Crippen molar-refractivity contribution in [1.82, 2.24) is 15.2 Å². The Bertz CT molecular complexity index is 411. The van der Waals surface area contributed by atoms with Crippen molar-refractivity contribution < 1.29 is 4.79 Å². The highest BCUT2D eigenvalue weighted by Crippen LogP contribution is 2.07. The van der Waals surface area contributed by atoms with E-state index in [2.05, 4.69) is 15.3 Å². The highest BCUT2D eigenvalue weighted by molar-refractivity contribution is 5.96. The van der Waals surface area contributed by atoms with Gasteiger partial charge in [-0.15, -0.1) is 0 Å². The van der Waals surface area contributed by atoms with Crippen molar-refractivity contribution >= 4 is 17.8 Å². The van der Waals surface area contributed by atoms with Gasteiger partial charge in [0.2, 0.25) is 5.96 Å². The summed E-state index contributed by atoms with van der Waals surface area (Å²) in [5, 5.41) is 2.55. The summed E-state index contributed by atoms with van der Waals surface area (Å²) in [6.07, 6.45) is 3.71. The monoisotopic (exact) mass is 233 g/mol. The van der Waals surface area contributed by atoms with Crippen LogP contribution in [0.1, 0.15) is 12.8 Å². The molecule has 2 heterocycles. The van der Waals surface area contributed by atoms with Crippen LogP contribution in [0.3, 0.4) is 0 Å². The minimum atomic E-state index is -0.195. The zero-order valence-electron chi connectivity index (χ0n) is 9.47. The summed E-state index contributed by atoms with van der Waals surface area (Å²) >= 11 is 0. The van der Waals surface area contributed by atoms with E-state index in [9.17, 15) is 4.79 Å². The maximum absolute atomic E-state index is 11.7. The predicted molar refractivity (Wildman–Crippen MR) is 64.9 cm³/mol. The molecule has 0 bridgehead atoms. The van der Waals surface area contributed by atoms with E-state index in [0.29, 0.717) is 5.82 Å². The molecule has 0 aromatic carbocycles. The standard InChI is InChI=1S/C11H15N5O/c12-10(14-9-5-1-2-6-13-9)15-11(17)16-7-3-4-8-16/h1-2,5-6H,3-4,7-8H2,(H3,12,13,14,15,17). The fourth-order valence-electron chi connectivity index (χ4n) is 1.68. The van der Waals surface area contributed by atoms with Crippen LogP contribution < -0.4 is 11.1 Å². The van der Waals surface area contributed by atoms with E-state index in [0.717, 1.165) is 25.9 Å². The van der Waals surface area contributed by atoms with Crippen LogP contribution in [0.5, 0.6) is 0 Å². The lowest BCUT2D eigenvalue weighted by Gasteiger charge is -2.15. The highest BCUT2D eigenvalue weighted by atomic mass is 16.2. The molecule has 2 amide bonds. The number of aliphatic imine (C=N–C) groups is 1. The lowest BCUT2D eigenvalue weighted by Crippen LogP contribution is -2.44. The molecule has 3 N–H and O–H groups in total. The lowest BCUT2D eigenvalue weighted by atomic mass is 10.4.